The van der Waals surface area contributed by atoms with E-state index in [1.54, 1.807) is 26.1 Å². The number of aryl methyl sites for hydroxylation is 2. The number of rotatable bonds is 4. The Hall–Kier alpha value is -2.82. The summed E-state index contributed by atoms with van der Waals surface area (Å²) in [7, 11) is 1.62. The fourth-order valence-corrected chi connectivity index (χ4v) is 2.89. The van der Waals surface area contributed by atoms with Gasteiger partial charge in [-0.2, -0.15) is 5.10 Å². The Kier molecular flexibility index (Phi) is 3.33. The maximum Gasteiger partial charge on any atom is 0.324 e. The molecule has 0 fully saturated rings. The minimum atomic E-state index is -0.477. The molecule has 114 valence electrons. The van der Waals surface area contributed by atoms with Crippen LogP contribution in [0.3, 0.4) is 0 Å². The van der Waals surface area contributed by atoms with Crippen LogP contribution >= 0.6 is 11.8 Å². The van der Waals surface area contributed by atoms with Crippen molar-refractivity contribution in [2.45, 2.75) is 17.1 Å². The second-order valence-electron chi connectivity index (χ2n) is 4.38. The summed E-state index contributed by atoms with van der Waals surface area (Å²) in [5, 5.41) is 23.7. The summed E-state index contributed by atoms with van der Waals surface area (Å²) < 4.78 is 7.85. The van der Waals surface area contributed by atoms with Crippen LogP contribution in [0.4, 0.5) is 5.69 Å². The van der Waals surface area contributed by atoms with E-state index in [-0.39, 0.29) is 10.8 Å². The highest BCUT2D eigenvalue weighted by atomic mass is 32.2. The summed E-state index contributed by atoms with van der Waals surface area (Å²) in [4.78, 5) is 10.7. The summed E-state index contributed by atoms with van der Waals surface area (Å²) in [5.41, 5.74) is 0.249. The Balaban J connectivity index is 2.00. The number of nitrogens with zero attached hydrogens (tertiary/aromatic N) is 6. The second kappa shape index (κ2) is 5.18. The predicted octanol–water partition coefficient (Wildman–Crippen LogP) is 1.35. The average molecular weight is 321 g/mol. The van der Waals surface area contributed by atoms with Crippen LogP contribution in [0.1, 0.15) is 5.69 Å². The predicted molar refractivity (Wildman–Crippen MR) is 76.6 cm³/mol. The highest BCUT2D eigenvalue weighted by Crippen LogP contribution is 2.35. The van der Waals surface area contributed by atoms with Gasteiger partial charge in [-0.25, -0.2) is 4.68 Å². The molecule has 11 heteroatoms. The number of hydrogen-bond acceptors (Lipinski definition) is 8. The van der Waals surface area contributed by atoms with Crippen LogP contribution in [0, 0.1) is 17.0 Å². The van der Waals surface area contributed by atoms with Crippen molar-refractivity contribution >= 4 is 17.4 Å². The van der Waals surface area contributed by atoms with Gasteiger partial charge in [-0.05, 0) is 30.8 Å². The lowest BCUT2D eigenvalue weighted by atomic mass is 10.4. The number of nitrogens with two attached hydrogens (primary N) is 1. The zero-order valence-corrected chi connectivity index (χ0v) is 12.4. The van der Waals surface area contributed by atoms with Crippen molar-refractivity contribution in [3.63, 3.8) is 0 Å². The van der Waals surface area contributed by atoms with Crippen LogP contribution < -0.4 is 5.84 Å². The first-order valence-electron chi connectivity index (χ1n) is 6.09. The van der Waals surface area contributed by atoms with Gasteiger partial charge in [0.25, 0.3) is 0 Å². The van der Waals surface area contributed by atoms with Crippen LogP contribution in [0.2, 0.25) is 0 Å². The number of nitrogen functional groups attached to an aromatic ring is 1. The Morgan fingerprint density at radius 3 is 2.86 bits per heavy atom. The van der Waals surface area contributed by atoms with Crippen LogP contribution in [-0.2, 0) is 7.05 Å². The normalized spacial score (nSPS) is 11.0. The lowest BCUT2D eigenvalue weighted by Gasteiger charge is -2.02. The largest absolute Gasteiger partial charge is 0.461 e. The minimum Gasteiger partial charge on any atom is -0.461 e. The Morgan fingerprint density at radius 1 is 1.45 bits per heavy atom. The van der Waals surface area contributed by atoms with Crippen LogP contribution in [0.5, 0.6) is 0 Å². The maximum atomic E-state index is 11.2. The Bertz CT molecular complexity index is 836. The van der Waals surface area contributed by atoms with Crippen molar-refractivity contribution in [3.05, 3.63) is 34.2 Å². The van der Waals surface area contributed by atoms with Crippen molar-refractivity contribution in [2.24, 2.45) is 7.05 Å². The van der Waals surface area contributed by atoms with E-state index in [1.165, 1.54) is 15.6 Å². The second-order valence-corrected chi connectivity index (χ2v) is 5.33. The SMILES string of the molecule is Cc1nn(C)c(Sc2nnc(-c3ccco3)n2N)c1[N+](=O)[O-]. The molecule has 0 aromatic carbocycles. The van der Waals surface area contributed by atoms with Crippen LogP contribution in [0.15, 0.2) is 33.0 Å². The van der Waals surface area contributed by atoms with Gasteiger partial charge in [0.1, 0.15) is 5.69 Å². The molecule has 0 unspecified atom stereocenters. The monoisotopic (exact) mass is 321 g/mol. The van der Waals surface area contributed by atoms with E-state index >= 15 is 0 Å². The molecule has 0 amide bonds. The molecular weight excluding hydrogens is 310 g/mol. The molecule has 0 saturated heterocycles. The number of furan rings is 1. The molecule has 3 rings (SSSR count). The minimum absolute atomic E-state index is 0.0740. The summed E-state index contributed by atoms with van der Waals surface area (Å²) >= 11 is 1.02. The summed E-state index contributed by atoms with van der Waals surface area (Å²) in [6, 6.07) is 3.39. The molecule has 0 spiro atoms. The van der Waals surface area contributed by atoms with Crippen molar-refractivity contribution in [1.29, 1.82) is 0 Å². The first-order valence-corrected chi connectivity index (χ1v) is 6.91. The van der Waals surface area contributed by atoms with E-state index in [9.17, 15) is 10.1 Å². The molecule has 0 saturated carbocycles. The molecule has 0 radical (unpaired) electrons. The molecule has 0 aliphatic rings. The highest BCUT2D eigenvalue weighted by molar-refractivity contribution is 7.99. The van der Waals surface area contributed by atoms with E-state index in [2.05, 4.69) is 15.3 Å². The quantitative estimate of drug-likeness (QED) is 0.433. The third-order valence-corrected chi connectivity index (χ3v) is 4.03. The third-order valence-electron chi connectivity index (χ3n) is 2.92. The molecular formula is C11H11N7O3S. The van der Waals surface area contributed by atoms with Gasteiger partial charge in [0, 0.05) is 7.05 Å². The van der Waals surface area contributed by atoms with Crippen molar-refractivity contribution < 1.29 is 9.34 Å². The molecule has 0 aliphatic heterocycles. The number of nitro groups is 1. The van der Waals surface area contributed by atoms with Gasteiger partial charge in [-0.15, -0.1) is 10.2 Å². The standard InChI is InChI=1S/C11H11N7O3S/c1-6-8(18(19)20)10(16(2)15-6)22-11-14-13-9(17(11)12)7-4-3-5-21-7/h3-5H,12H2,1-2H3. The lowest BCUT2D eigenvalue weighted by Crippen LogP contribution is -2.11. The molecule has 2 N–H and O–H groups in total. The Morgan fingerprint density at radius 2 is 2.23 bits per heavy atom. The summed E-state index contributed by atoms with van der Waals surface area (Å²) in [6.07, 6.45) is 1.49. The smallest absolute Gasteiger partial charge is 0.324 e. The fraction of sp³-hybridized carbons (Fsp3) is 0.182. The number of aromatic nitrogens is 5. The third kappa shape index (κ3) is 2.20. The van der Waals surface area contributed by atoms with Gasteiger partial charge < -0.3 is 10.3 Å². The zero-order chi connectivity index (χ0) is 15.9. The molecule has 3 aromatic rings. The van der Waals surface area contributed by atoms with Crippen LogP contribution in [-0.4, -0.2) is 29.6 Å². The zero-order valence-electron chi connectivity index (χ0n) is 11.6. The van der Waals surface area contributed by atoms with E-state index in [1.807, 2.05) is 0 Å². The van der Waals surface area contributed by atoms with E-state index in [0.717, 1.165) is 11.8 Å². The van der Waals surface area contributed by atoms with Gasteiger partial charge >= 0.3 is 5.69 Å². The van der Waals surface area contributed by atoms with Gasteiger partial charge in [-0.3, -0.25) is 14.8 Å². The lowest BCUT2D eigenvalue weighted by molar-refractivity contribution is -0.388. The maximum absolute atomic E-state index is 11.2. The van der Waals surface area contributed by atoms with E-state index in [4.69, 9.17) is 10.3 Å². The number of hydrogen-bond donors (Lipinski definition) is 1. The fourth-order valence-electron chi connectivity index (χ4n) is 1.96. The van der Waals surface area contributed by atoms with E-state index in [0.29, 0.717) is 22.3 Å². The first kappa shape index (κ1) is 14.1. The molecule has 3 heterocycles. The van der Waals surface area contributed by atoms with Crippen LogP contribution in [0.25, 0.3) is 11.6 Å². The molecule has 22 heavy (non-hydrogen) atoms. The van der Waals surface area contributed by atoms with Crippen molar-refractivity contribution in [3.8, 4) is 11.6 Å². The highest BCUT2D eigenvalue weighted by Gasteiger charge is 2.27. The first-order chi connectivity index (χ1) is 10.5. The average Bonchev–Trinajstić information content (AvgIpc) is 3.13. The summed E-state index contributed by atoms with van der Waals surface area (Å²) in [5.74, 6) is 6.72. The summed E-state index contributed by atoms with van der Waals surface area (Å²) in [6.45, 7) is 1.57. The van der Waals surface area contributed by atoms with Gasteiger partial charge in [0.2, 0.25) is 11.0 Å². The van der Waals surface area contributed by atoms with Gasteiger partial charge in [-0.1, -0.05) is 0 Å². The molecule has 0 aliphatic carbocycles. The molecule has 0 bridgehead atoms. The Labute approximate surface area is 128 Å². The topological polar surface area (TPSA) is 131 Å². The van der Waals surface area contributed by atoms with E-state index < -0.39 is 4.92 Å². The molecule has 3 aromatic heterocycles. The molecule has 0 atom stereocenters. The van der Waals surface area contributed by atoms with Gasteiger partial charge in [0.05, 0.1) is 11.2 Å². The van der Waals surface area contributed by atoms with Crippen molar-refractivity contribution in [1.82, 2.24) is 24.7 Å². The van der Waals surface area contributed by atoms with Crippen molar-refractivity contribution in [2.75, 3.05) is 5.84 Å². The van der Waals surface area contributed by atoms with Gasteiger partial charge in [0.15, 0.2) is 10.8 Å². The molecule has 10 nitrogen and oxygen atoms in total.